The maximum atomic E-state index is 13.0. The summed E-state index contributed by atoms with van der Waals surface area (Å²) in [5.74, 6) is 0.517. The summed E-state index contributed by atoms with van der Waals surface area (Å²) in [5.41, 5.74) is 2.37. The van der Waals surface area contributed by atoms with Crippen LogP contribution in [0.1, 0.15) is 5.56 Å². The van der Waals surface area contributed by atoms with Gasteiger partial charge in [-0.3, -0.25) is 4.79 Å². The number of nitrogens with zero attached hydrogens (tertiary/aromatic N) is 3. The molecule has 4 rings (SSSR count). The quantitative estimate of drug-likeness (QED) is 0.504. The highest BCUT2D eigenvalue weighted by Crippen LogP contribution is 2.18. The Morgan fingerprint density at radius 2 is 1.48 bits per heavy atom. The molecule has 130 valence electrons. The van der Waals surface area contributed by atoms with Gasteiger partial charge in [0.25, 0.3) is 5.56 Å². The van der Waals surface area contributed by atoms with Crippen LogP contribution in [0.2, 0.25) is 0 Å². The van der Waals surface area contributed by atoms with E-state index in [2.05, 4.69) is 10.1 Å². The second-order valence-electron chi connectivity index (χ2n) is 5.97. The maximum absolute atomic E-state index is 13.0. The Balaban J connectivity index is 1.80. The summed E-state index contributed by atoms with van der Waals surface area (Å²) in [6, 6.07) is 26.8. The minimum Gasteiger partial charge on any atom is -0.267 e. The van der Waals surface area contributed by atoms with E-state index >= 15 is 0 Å². The zero-order valence-electron chi connectivity index (χ0n) is 14.6. The van der Waals surface area contributed by atoms with Crippen LogP contribution >= 0.6 is 0 Å². The number of fused-ring (bicyclic) bond motifs is 1. The molecule has 0 saturated carbocycles. The molecule has 4 nitrogen and oxygen atoms in total. The van der Waals surface area contributed by atoms with Crippen LogP contribution in [-0.4, -0.2) is 15.9 Å². The van der Waals surface area contributed by atoms with Crippen LogP contribution in [0.3, 0.4) is 0 Å². The Hall–Kier alpha value is -3.79. The zero-order chi connectivity index (χ0) is 18.5. The first-order valence-corrected chi connectivity index (χ1v) is 8.66. The van der Waals surface area contributed by atoms with Gasteiger partial charge in [0.1, 0.15) is 0 Å². The first-order valence-electron chi connectivity index (χ1n) is 8.66. The van der Waals surface area contributed by atoms with Crippen molar-refractivity contribution in [3.8, 4) is 11.4 Å². The number of rotatable bonds is 4. The predicted octanol–water partition coefficient (Wildman–Crippen LogP) is 4.61. The van der Waals surface area contributed by atoms with Gasteiger partial charge >= 0.3 is 0 Å². The maximum Gasteiger partial charge on any atom is 0.282 e. The lowest BCUT2D eigenvalue weighted by atomic mass is 10.2. The Bertz CT molecular complexity index is 1180. The van der Waals surface area contributed by atoms with Crippen molar-refractivity contribution >= 4 is 23.2 Å². The molecule has 0 aliphatic heterocycles. The standard InChI is InChI=1S/C23H17N3O/c27-23-20-15-7-8-16-21(20)25-22(19-13-5-2-6-14-19)26(23)24-17-9-12-18-10-3-1-4-11-18/h1-17H/b12-9+,24-17+. The summed E-state index contributed by atoms with van der Waals surface area (Å²) in [4.78, 5) is 17.6. The second kappa shape index (κ2) is 7.62. The van der Waals surface area contributed by atoms with Crippen LogP contribution in [0.15, 0.2) is 101 Å². The second-order valence-corrected chi connectivity index (χ2v) is 5.97. The van der Waals surface area contributed by atoms with Crippen molar-refractivity contribution in [2.24, 2.45) is 5.10 Å². The van der Waals surface area contributed by atoms with Gasteiger partial charge in [0.15, 0.2) is 5.82 Å². The molecule has 0 spiro atoms. The Labute approximate surface area is 156 Å². The number of hydrogen-bond acceptors (Lipinski definition) is 3. The topological polar surface area (TPSA) is 47.2 Å². The van der Waals surface area contributed by atoms with Gasteiger partial charge < -0.3 is 0 Å². The number of hydrogen-bond donors (Lipinski definition) is 0. The molecule has 0 N–H and O–H groups in total. The SMILES string of the molecule is O=c1c2ccccc2nc(-c2ccccc2)n1/N=C/C=C/c1ccccc1. The molecule has 0 aliphatic carbocycles. The van der Waals surface area contributed by atoms with E-state index in [0.717, 1.165) is 11.1 Å². The minimum atomic E-state index is -0.191. The molecule has 0 aliphatic rings. The fourth-order valence-corrected chi connectivity index (χ4v) is 2.83. The Kier molecular flexibility index (Phi) is 4.70. The molecular weight excluding hydrogens is 334 g/mol. The van der Waals surface area contributed by atoms with Gasteiger partial charge in [0.2, 0.25) is 0 Å². The van der Waals surface area contributed by atoms with E-state index in [0.29, 0.717) is 16.7 Å². The van der Waals surface area contributed by atoms with Crippen molar-refractivity contribution in [2.75, 3.05) is 0 Å². The number of benzene rings is 3. The lowest BCUT2D eigenvalue weighted by Gasteiger charge is -2.08. The first kappa shape index (κ1) is 16.7. The van der Waals surface area contributed by atoms with E-state index in [1.165, 1.54) is 4.68 Å². The number of allylic oxidation sites excluding steroid dienone is 1. The van der Waals surface area contributed by atoms with Gasteiger partial charge in [-0.25, -0.2) is 4.98 Å². The molecule has 27 heavy (non-hydrogen) atoms. The molecule has 0 atom stereocenters. The molecule has 3 aromatic carbocycles. The summed E-state index contributed by atoms with van der Waals surface area (Å²) < 4.78 is 1.35. The zero-order valence-corrected chi connectivity index (χ0v) is 14.6. The van der Waals surface area contributed by atoms with Crippen molar-refractivity contribution in [2.45, 2.75) is 0 Å². The monoisotopic (exact) mass is 351 g/mol. The van der Waals surface area contributed by atoms with Crippen LogP contribution in [0.25, 0.3) is 28.4 Å². The normalized spacial score (nSPS) is 11.6. The fraction of sp³-hybridized carbons (Fsp3) is 0. The highest BCUT2D eigenvalue weighted by Gasteiger charge is 2.11. The van der Waals surface area contributed by atoms with Gasteiger partial charge in [0.05, 0.1) is 10.9 Å². The smallest absolute Gasteiger partial charge is 0.267 e. The lowest BCUT2D eigenvalue weighted by molar-refractivity contribution is 0.830. The van der Waals surface area contributed by atoms with Crippen LogP contribution in [0.5, 0.6) is 0 Å². The average Bonchev–Trinajstić information content (AvgIpc) is 2.74. The van der Waals surface area contributed by atoms with E-state index < -0.39 is 0 Å². The highest BCUT2D eigenvalue weighted by molar-refractivity contribution is 5.81. The van der Waals surface area contributed by atoms with E-state index in [4.69, 9.17) is 0 Å². The fourth-order valence-electron chi connectivity index (χ4n) is 2.83. The van der Waals surface area contributed by atoms with E-state index in [-0.39, 0.29) is 5.56 Å². The van der Waals surface area contributed by atoms with E-state index in [1.807, 2.05) is 91.0 Å². The third-order valence-electron chi connectivity index (χ3n) is 4.14. The van der Waals surface area contributed by atoms with Crippen molar-refractivity contribution in [1.29, 1.82) is 0 Å². The van der Waals surface area contributed by atoms with Crippen LogP contribution < -0.4 is 5.56 Å². The largest absolute Gasteiger partial charge is 0.282 e. The third kappa shape index (κ3) is 3.60. The molecule has 0 fully saturated rings. The average molecular weight is 351 g/mol. The predicted molar refractivity (Wildman–Crippen MR) is 111 cm³/mol. The molecule has 1 aromatic heterocycles. The van der Waals surface area contributed by atoms with E-state index in [9.17, 15) is 4.79 Å². The molecule has 0 bridgehead atoms. The summed E-state index contributed by atoms with van der Waals surface area (Å²) in [7, 11) is 0. The molecule has 4 heteroatoms. The molecule has 1 heterocycles. The molecule has 0 amide bonds. The van der Waals surface area contributed by atoms with Crippen molar-refractivity contribution in [3.63, 3.8) is 0 Å². The van der Waals surface area contributed by atoms with Gasteiger partial charge in [-0.1, -0.05) is 78.9 Å². The molecule has 0 unspecified atom stereocenters. The van der Waals surface area contributed by atoms with Crippen LogP contribution in [0.4, 0.5) is 0 Å². The molecule has 0 radical (unpaired) electrons. The van der Waals surface area contributed by atoms with Crippen molar-refractivity contribution in [1.82, 2.24) is 9.66 Å². The lowest BCUT2D eigenvalue weighted by Crippen LogP contribution is -2.20. The summed E-state index contributed by atoms with van der Waals surface area (Å²) >= 11 is 0. The minimum absolute atomic E-state index is 0.191. The van der Waals surface area contributed by atoms with Gasteiger partial charge in [-0.15, -0.1) is 0 Å². The number of aromatic nitrogens is 2. The van der Waals surface area contributed by atoms with Gasteiger partial charge in [0, 0.05) is 11.8 Å². The number of para-hydroxylation sites is 1. The van der Waals surface area contributed by atoms with Crippen molar-refractivity contribution in [3.05, 3.63) is 107 Å². The molecule has 4 aromatic rings. The first-order chi connectivity index (χ1) is 13.3. The Morgan fingerprint density at radius 3 is 2.26 bits per heavy atom. The Morgan fingerprint density at radius 1 is 0.815 bits per heavy atom. The summed E-state index contributed by atoms with van der Waals surface area (Å²) in [6.07, 6.45) is 5.36. The van der Waals surface area contributed by atoms with Gasteiger partial charge in [-0.05, 0) is 23.8 Å². The van der Waals surface area contributed by atoms with Gasteiger partial charge in [-0.2, -0.15) is 9.78 Å². The molecule has 0 saturated heterocycles. The highest BCUT2D eigenvalue weighted by atomic mass is 16.1. The van der Waals surface area contributed by atoms with Crippen LogP contribution in [0, 0.1) is 0 Å². The summed E-state index contributed by atoms with van der Waals surface area (Å²) in [6.45, 7) is 0. The van der Waals surface area contributed by atoms with E-state index in [1.54, 1.807) is 12.3 Å². The van der Waals surface area contributed by atoms with Crippen molar-refractivity contribution < 1.29 is 0 Å². The third-order valence-corrected chi connectivity index (χ3v) is 4.14. The summed E-state index contributed by atoms with van der Waals surface area (Å²) in [5, 5.41) is 4.92. The van der Waals surface area contributed by atoms with Crippen LogP contribution in [-0.2, 0) is 0 Å². The molecular formula is C23H17N3O.